The van der Waals surface area contributed by atoms with Gasteiger partial charge in [0.05, 0.1) is 19.3 Å². The van der Waals surface area contributed by atoms with Gasteiger partial charge in [0, 0.05) is 6.61 Å². The molecule has 0 amide bonds. The number of likely N-dealkylation sites (N-methyl/N-ethyl adjacent to an activating group) is 1. The van der Waals surface area contributed by atoms with Gasteiger partial charge < -0.3 is 14.8 Å². The fourth-order valence-electron chi connectivity index (χ4n) is 2.34. The number of benzene rings is 1. The first-order valence-corrected chi connectivity index (χ1v) is 7.51. The zero-order valence-corrected chi connectivity index (χ0v) is 13.5. The number of nitrogens with one attached hydrogen (secondary N) is 1. The minimum atomic E-state index is 0.153. The van der Waals surface area contributed by atoms with Crippen molar-refractivity contribution in [1.82, 2.24) is 5.32 Å². The molecule has 3 nitrogen and oxygen atoms in total. The monoisotopic (exact) mass is 279 g/mol. The lowest BCUT2D eigenvalue weighted by molar-refractivity contribution is 0.0369. The van der Waals surface area contributed by atoms with E-state index in [0.29, 0.717) is 0 Å². The molecule has 0 aliphatic carbocycles. The smallest absolute Gasteiger partial charge is 0.118 e. The first-order chi connectivity index (χ1) is 9.58. The highest BCUT2D eigenvalue weighted by molar-refractivity contribution is 5.29. The van der Waals surface area contributed by atoms with Crippen LogP contribution in [0.15, 0.2) is 24.3 Å². The van der Waals surface area contributed by atoms with Crippen LogP contribution in [0.3, 0.4) is 0 Å². The Bertz CT molecular complexity index is 362. The maximum absolute atomic E-state index is 5.96. The lowest BCUT2D eigenvalue weighted by Crippen LogP contribution is -2.29. The van der Waals surface area contributed by atoms with E-state index in [2.05, 4.69) is 38.2 Å². The maximum Gasteiger partial charge on any atom is 0.118 e. The molecule has 0 aliphatic heterocycles. The summed E-state index contributed by atoms with van der Waals surface area (Å²) in [5, 5.41) is 3.34. The van der Waals surface area contributed by atoms with Crippen LogP contribution in [-0.2, 0) is 4.74 Å². The van der Waals surface area contributed by atoms with E-state index in [9.17, 15) is 0 Å². The highest BCUT2D eigenvalue weighted by atomic mass is 16.5. The second-order valence-corrected chi connectivity index (χ2v) is 5.65. The van der Waals surface area contributed by atoms with E-state index < -0.39 is 0 Å². The topological polar surface area (TPSA) is 30.5 Å². The number of ether oxygens (including phenoxy) is 2. The van der Waals surface area contributed by atoms with Crippen LogP contribution >= 0.6 is 0 Å². The second kappa shape index (κ2) is 8.98. The molecule has 0 fully saturated rings. The quantitative estimate of drug-likeness (QED) is 0.697. The summed E-state index contributed by atoms with van der Waals surface area (Å²) in [6.45, 7) is 7.45. The van der Waals surface area contributed by atoms with E-state index in [1.165, 1.54) is 12.0 Å². The van der Waals surface area contributed by atoms with Gasteiger partial charge >= 0.3 is 0 Å². The largest absolute Gasteiger partial charge is 0.497 e. The van der Waals surface area contributed by atoms with Gasteiger partial charge in [0.1, 0.15) is 5.75 Å². The van der Waals surface area contributed by atoms with Gasteiger partial charge in [0.2, 0.25) is 0 Å². The van der Waals surface area contributed by atoms with Gasteiger partial charge in [-0.3, -0.25) is 0 Å². The molecular weight excluding hydrogens is 250 g/mol. The van der Waals surface area contributed by atoms with Crippen LogP contribution in [0.25, 0.3) is 0 Å². The molecule has 0 aliphatic rings. The van der Waals surface area contributed by atoms with Crippen molar-refractivity contribution in [3.05, 3.63) is 29.8 Å². The van der Waals surface area contributed by atoms with Gasteiger partial charge in [-0.05, 0) is 50.4 Å². The molecule has 114 valence electrons. The first kappa shape index (κ1) is 17.0. The van der Waals surface area contributed by atoms with Crippen LogP contribution < -0.4 is 10.1 Å². The fourth-order valence-corrected chi connectivity index (χ4v) is 2.34. The van der Waals surface area contributed by atoms with Gasteiger partial charge in [-0.1, -0.05) is 26.0 Å². The summed E-state index contributed by atoms with van der Waals surface area (Å²) in [5.41, 5.74) is 1.23. The normalized spacial score (nSPS) is 14.3. The van der Waals surface area contributed by atoms with Crippen molar-refractivity contribution < 1.29 is 9.47 Å². The van der Waals surface area contributed by atoms with Gasteiger partial charge in [0.25, 0.3) is 0 Å². The van der Waals surface area contributed by atoms with Gasteiger partial charge in [-0.25, -0.2) is 0 Å². The zero-order valence-electron chi connectivity index (χ0n) is 13.5. The molecule has 1 rings (SSSR count). The van der Waals surface area contributed by atoms with Crippen molar-refractivity contribution in [3.63, 3.8) is 0 Å². The molecule has 0 radical (unpaired) electrons. The summed E-state index contributed by atoms with van der Waals surface area (Å²) in [7, 11) is 3.66. The molecule has 3 heteroatoms. The molecule has 0 heterocycles. The van der Waals surface area contributed by atoms with E-state index in [1.807, 2.05) is 19.2 Å². The number of methoxy groups -OCH3 is 1. The van der Waals surface area contributed by atoms with Crippen LogP contribution in [-0.4, -0.2) is 26.9 Å². The molecule has 1 N–H and O–H groups in total. The number of hydrogen-bond donors (Lipinski definition) is 1. The molecular formula is C17H29NO2. The lowest BCUT2D eigenvalue weighted by atomic mass is 10.0. The molecule has 1 aromatic carbocycles. The average molecular weight is 279 g/mol. The van der Waals surface area contributed by atoms with Crippen molar-refractivity contribution in [2.75, 3.05) is 20.8 Å². The van der Waals surface area contributed by atoms with E-state index in [-0.39, 0.29) is 12.1 Å². The molecule has 2 unspecified atom stereocenters. The highest BCUT2D eigenvalue weighted by Gasteiger charge is 2.18. The molecule has 0 aromatic heterocycles. The molecule has 1 aromatic rings. The summed E-state index contributed by atoms with van der Waals surface area (Å²) >= 11 is 0. The summed E-state index contributed by atoms with van der Waals surface area (Å²) < 4.78 is 11.2. The van der Waals surface area contributed by atoms with Crippen molar-refractivity contribution >= 4 is 0 Å². The van der Waals surface area contributed by atoms with Crippen LogP contribution in [0.1, 0.15) is 45.2 Å². The fraction of sp³-hybridized carbons (Fsp3) is 0.647. The predicted molar refractivity (Wildman–Crippen MR) is 84.3 cm³/mol. The summed E-state index contributed by atoms with van der Waals surface area (Å²) in [6, 6.07) is 8.37. The molecule has 0 bridgehead atoms. The zero-order chi connectivity index (χ0) is 15.0. The van der Waals surface area contributed by atoms with Crippen LogP contribution in [0.5, 0.6) is 5.75 Å². The third kappa shape index (κ3) is 5.51. The maximum atomic E-state index is 5.96. The Morgan fingerprint density at radius 3 is 2.25 bits per heavy atom. The summed E-state index contributed by atoms with van der Waals surface area (Å²) in [5.74, 6) is 1.63. The van der Waals surface area contributed by atoms with E-state index in [0.717, 1.165) is 24.7 Å². The SMILES string of the molecule is CNC(c1ccc(OC)cc1)C(C)OCCCC(C)C. The first-order valence-electron chi connectivity index (χ1n) is 7.51. The summed E-state index contributed by atoms with van der Waals surface area (Å²) in [6.07, 6.45) is 2.50. The molecule has 20 heavy (non-hydrogen) atoms. The van der Waals surface area contributed by atoms with Crippen molar-refractivity contribution in [2.24, 2.45) is 5.92 Å². The van der Waals surface area contributed by atoms with Crippen LogP contribution in [0.4, 0.5) is 0 Å². The minimum absolute atomic E-state index is 0.153. The Hall–Kier alpha value is -1.06. The number of hydrogen-bond acceptors (Lipinski definition) is 3. The Morgan fingerprint density at radius 1 is 1.10 bits per heavy atom. The Morgan fingerprint density at radius 2 is 1.75 bits per heavy atom. The molecule has 2 atom stereocenters. The van der Waals surface area contributed by atoms with Gasteiger partial charge in [-0.15, -0.1) is 0 Å². The minimum Gasteiger partial charge on any atom is -0.497 e. The average Bonchev–Trinajstić information content (AvgIpc) is 2.45. The third-order valence-electron chi connectivity index (χ3n) is 3.56. The van der Waals surface area contributed by atoms with E-state index >= 15 is 0 Å². The van der Waals surface area contributed by atoms with E-state index in [1.54, 1.807) is 7.11 Å². The lowest BCUT2D eigenvalue weighted by Gasteiger charge is -2.24. The molecule has 0 spiro atoms. The second-order valence-electron chi connectivity index (χ2n) is 5.65. The van der Waals surface area contributed by atoms with Crippen LogP contribution in [0.2, 0.25) is 0 Å². The van der Waals surface area contributed by atoms with Gasteiger partial charge in [-0.2, -0.15) is 0 Å². The molecule has 0 saturated heterocycles. The van der Waals surface area contributed by atoms with E-state index in [4.69, 9.17) is 9.47 Å². The standard InChI is InChI=1S/C17H29NO2/c1-13(2)7-6-12-20-14(3)17(18-4)15-8-10-16(19-5)11-9-15/h8-11,13-14,17-18H,6-7,12H2,1-5H3. The Balaban J connectivity index is 2.50. The Labute approximate surface area is 123 Å². The van der Waals surface area contributed by atoms with Crippen molar-refractivity contribution in [2.45, 2.75) is 45.8 Å². The third-order valence-corrected chi connectivity index (χ3v) is 3.56. The number of rotatable bonds is 9. The Kier molecular flexibility index (Phi) is 7.63. The van der Waals surface area contributed by atoms with Crippen molar-refractivity contribution in [3.8, 4) is 5.75 Å². The van der Waals surface area contributed by atoms with Gasteiger partial charge in [0.15, 0.2) is 0 Å². The molecule has 0 saturated carbocycles. The van der Waals surface area contributed by atoms with Crippen molar-refractivity contribution in [1.29, 1.82) is 0 Å². The van der Waals surface area contributed by atoms with Crippen LogP contribution in [0, 0.1) is 5.92 Å². The summed E-state index contributed by atoms with van der Waals surface area (Å²) in [4.78, 5) is 0. The predicted octanol–water partition coefficient (Wildman–Crippen LogP) is 3.80. The highest BCUT2D eigenvalue weighted by Crippen LogP contribution is 2.22.